The van der Waals surface area contributed by atoms with Crippen LogP contribution in [0.4, 0.5) is 34.1 Å². The highest BCUT2D eigenvalue weighted by molar-refractivity contribution is 7.05. The summed E-state index contributed by atoms with van der Waals surface area (Å²) in [5, 5.41) is 3.12. The third-order valence-corrected chi connectivity index (χ3v) is 11.7. The lowest BCUT2D eigenvalue weighted by Gasteiger charge is -2.27. The van der Waals surface area contributed by atoms with Gasteiger partial charge in [-0.15, -0.1) is 0 Å². The van der Waals surface area contributed by atoms with Crippen molar-refractivity contribution >= 4 is 63.5 Å². The molecule has 0 fully saturated rings. The summed E-state index contributed by atoms with van der Waals surface area (Å²) < 4.78 is 91.9. The predicted octanol–water partition coefficient (Wildman–Crippen LogP) is 10.2. The van der Waals surface area contributed by atoms with Crippen molar-refractivity contribution in [2.45, 2.75) is 13.1 Å². The van der Waals surface area contributed by atoms with E-state index >= 15 is 0 Å². The second-order valence-corrected chi connectivity index (χ2v) is 15.4. The summed E-state index contributed by atoms with van der Waals surface area (Å²) in [6.07, 6.45) is 0. The number of hydrogen-bond acceptors (Lipinski definition) is 3. The van der Waals surface area contributed by atoms with E-state index in [2.05, 4.69) is 13.1 Å². The van der Waals surface area contributed by atoms with Gasteiger partial charge in [-0.2, -0.15) is 0 Å². The van der Waals surface area contributed by atoms with E-state index in [4.69, 9.17) is 18.1 Å². The zero-order chi connectivity index (χ0) is 38.4. The van der Waals surface area contributed by atoms with Crippen LogP contribution in [-0.4, -0.2) is 8.07 Å². The summed E-state index contributed by atoms with van der Waals surface area (Å²) in [4.78, 5) is 3.34. The summed E-state index contributed by atoms with van der Waals surface area (Å²) >= 11 is 0. The second-order valence-electron chi connectivity index (χ2n) is 11.1. The van der Waals surface area contributed by atoms with Gasteiger partial charge in [0.05, 0.1) is 13.7 Å². The van der Waals surface area contributed by atoms with E-state index in [1.54, 1.807) is 9.80 Å². The Morgan fingerprint density at radius 3 is 1.64 bits per heavy atom. The standard InChI is InChI=1S/C40H32N2OSi/c1-44(2)38-26-24-33(41(29-15-7-3-8-16-29)30-17-9-4-10-18-30)27-36(38)39-40(44)35-25-23-34(28-37(35)43-39)42(31-19-11-5-12-20-31)32-21-13-6-14-22-32/h3-28H,1-2H3/i3D,5D,7D,8D,11D,12D,15D,16D,19D,20D. The summed E-state index contributed by atoms with van der Waals surface area (Å²) in [7, 11) is -2.38. The van der Waals surface area contributed by atoms with Crippen LogP contribution in [0, 0.1) is 0 Å². The number of rotatable bonds is 6. The Balaban J connectivity index is 1.33. The van der Waals surface area contributed by atoms with Crippen LogP contribution in [-0.2, 0) is 0 Å². The van der Waals surface area contributed by atoms with Crippen LogP contribution in [0.25, 0.3) is 22.3 Å². The lowest BCUT2D eigenvalue weighted by molar-refractivity contribution is 0.635. The molecule has 0 amide bonds. The zero-order valence-corrected chi connectivity index (χ0v) is 25.0. The van der Waals surface area contributed by atoms with Crippen molar-refractivity contribution in [3.8, 4) is 11.3 Å². The minimum Gasteiger partial charge on any atom is -0.456 e. The molecule has 44 heavy (non-hydrogen) atoms. The Morgan fingerprint density at radius 2 is 1.07 bits per heavy atom. The lowest BCUT2D eigenvalue weighted by atomic mass is 10.1. The fourth-order valence-electron chi connectivity index (χ4n) is 6.25. The Hall–Kier alpha value is -5.32. The maximum Gasteiger partial charge on any atom is 0.136 e. The van der Waals surface area contributed by atoms with Crippen LogP contribution in [0.15, 0.2) is 162 Å². The quantitative estimate of drug-likeness (QED) is 0.179. The molecule has 0 aliphatic carbocycles. The third-order valence-electron chi connectivity index (χ3n) is 8.19. The van der Waals surface area contributed by atoms with Crippen molar-refractivity contribution in [2.24, 2.45) is 0 Å². The van der Waals surface area contributed by atoms with Gasteiger partial charge in [0.25, 0.3) is 0 Å². The van der Waals surface area contributed by atoms with Crippen molar-refractivity contribution in [3.63, 3.8) is 0 Å². The molecule has 0 N–H and O–H groups in total. The number of benzene rings is 6. The molecule has 0 atom stereocenters. The molecule has 8 rings (SSSR count). The molecule has 7 aromatic rings. The number of hydrogen-bond donors (Lipinski definition) is 0. The molecule has 0 bridgehead atoms. The number of fused-ring (bicyclic) bond motifs is 5. The van der Waals surface area contributed by atoms with Gasteiger partial charge in [0.2, 0.25) is 0 Å². The van der Waals surface area contributed by atoms with Gasteiger partial charge in [-0.25, -0.2) is 0 Å². The first-order valence-corrected chi connectivity index (χ1v) is 17.3. The molecule has 0 saturated carbocycles. The van der Waals surface area contributed by atoms with Gasteiger partial charge in [0.1, 0.15) is 19.4 Å². The summed E-state index contributed by atoms with van der Waals surface area (Å²) in [6, 6.07) is 25.9. The number of anilines is 6. The highest BCUT2D eigenvalue weighted by atomic mass is 28.3. The molecular weight excluding hydrogens is 553 g/mol. The largest absolute Gasteiger partial charge is 0.456 e. The first kappa shape index (κ1) is 17.7. The van der Waals surface area contributed by atoms with Crippen LogP contribution >= 0.6 is 0 Å². The Labute approximate surface area is 273 Å². The summed E-state index contributed by atoms with van der Waals surface area (Å²) in [6.45, 7) is 4.49. The van der Waals surface area contributed by atoms with Crippen molar-refractivity contribution in [1.82, 2.24) is 0 Å². The van der Waals surface area contributed by atoms with Gasteiger partial charge in [0, 0.05) is 51.1 Å². The maximum atomic E-state index is 8.83. The van der Waals surface area contributed by atoms with E-state index in [-0.39, 0.29) is 35.5 Å². The molecule has 2 heterocycles. The van der Waals surface area contributed by atoms with Crippen molar-refractivity contribution < 1.29 is 18.1 Å². The summed E-state index contributed by atoms with van der Waals surface area (Å²) in [5.41, 5.74) is 3.82. The smallest absolute Gasteiger partial charge is 0.136 e. The minimum absolute atomic E-state index is 0.0176. The molecule has 1 aliphatic rings. The highest BCUT2D eigenvalue weighted by Gasteiger charge is 2.42. The van der Waals surface area contributed by atoms with Gasteiger partial charge >= 0.3 is 0 Å². The van der Waals surface area contributed by atoms with Crippen LogP contribution in [0.1, 0.15) is 13.7 Å². The fraction of sp³-hybridized carbons (Fsp3) is 0.0500. The molecule has 0 radical (unpaired) electrons. The van der Waals surface area contributed by atoms with Crippen molar-refractivity contribution in [1.29, 1.82) is 0 Å². The number of nitrogens with zero attached hydrogens (tertiary/aromatic N) is 2. The molecule has 6 aromatic carbocycles. The molecule has 0 saturated heterocycles. The topological polar surface area (TPSA) is 19.6 Å². The Bertz CT molecular complexity index is 2610. The normalized spacial score (nSPS) is 16.1. The lowest BCUT2D eigenvalue weighted by Crippen LogP contribution is -2.49. The molecule has 0 unspecified atom stereocenters. The molecule has 1 aromatic heterocycles. The second kappa shape index (κ2) is 10.4. The van der Waals surface area contributed by atoms with E-state index in [0.29, 0.717) is 34.1 Å². The molecule has 1 aliphatic heterocycles. The van der Waals surface area contributed by atoms with Gasteiger partial charge in [-0.05, 0) is 83.1 Å². The van der Waals surface area contributed by atoms with E-state index in [1.165, 1.54) is 0 Å². The van der Waals surface area contributed by atoms with Gasteiger partial charge in [0.15, 0.2) is 0 Å². The zero-order valence-electron chi connectivity index (χ0n) is 34.0. The monoisotopic (exact) mass is 594 g/mol. The fourth-order valence-corrected chi connectivity index (χ4v) is 9.51. The first-order valence-electron chi connectivity index (χ1n) is 19.3. The van der Waals surface area contributed by atoms with Gasteiger partial charge in [-0.1, -0.05) is 91.8 Å². The maximum absolute atomic E-state index is 8.83. The van der Waals surface area contributed by atoms with Crippen LogP contribution in [0.5, 0.6) is 0 Å². The number of furan rings is 1. The van der Waals surface area contributed by atoms with E-state index in [9.17, 15) is 0 Å². The van der Waals surface area contributed by atoms with Gasteiger partial charge in [-0.3, -0.25) is 0 Å². The van der Waals surface area contributed by atoms with Crippen molar-refractivity contribution in [3.05, 3.63) is 157 Å². The average Bonchev–Trinajstić information content (AvgIpc) is 3.67. The Kier molecular flexibility index (Phi) is 4.20. The first-order chi connectivity index (χ1) is 25.7. The van der Waals surface area contributed by atoms with Crippen LogP contribution in [0.2, 0.25) is 13.1 Å². The predicted molar refractivity (Wildman–Crippen MR) is 188 cm³/mol. The van der Waals surface area contributed by atoms with Crippen LogP contribution in [0.3, 0.4) is 0 Å². The molecule has 3 nitrogen and oxygen atoms in total. The van der Waals surface area contributed by atoms with E-state index < -0.39 is 44.3 Å². The third kappa shape index (κ3) is 4.26. The summed E-state index contributed by atoms with van der Waals surface area (Å²) in [5.74, 6) is 0.679. The molecule has 4 heteroatoms. The number of para-hydroxylation sites is 4. The minimum atomic E-state index is -2.38. The molecule has 212 valence electrons. The van der Waals surface area contributed by atoms with Crippen molar-refractivity contribution in [2.75, 3.05) is 9.80 Å². The SMILES string of the molecule is [2H]c1c([2H])c([2H])c(N(c2ccccc2)c2ccc3c(c2)-c2oc4cc(N(c5ccccc5)c5c([2H])c([2H])c([2H])c([2H])c5[2H])ccc4c2[Si]3(C)C)c([2H])c1[2H]. The van der Waals surface area contributed by atoms with E-state index in [1.807, 2.05) is 97.1 Å². The van der Waals surface area contributed by atoms with Crippen LogP contribution < -0.4 is 20.2 Å². The highest BCUT2D eigenvalue weighted by Crippen LogP contribution is 2.42. The Morgan fingerprint density at radius 1 is 0.545 bits per heavy atom. The van der Waals surface area contributed by atoms with Gasteiger partial charge < -0.3 is 14.2 Å². The molecular formula is C40H32N2OSi. The average molecular weight is 595 g/mol. The molecule has 0 spiro atoms. The van der Waals surface area contributed by atoms with E-state index in [0.717, 1.165) is 21.3 Å².